The number of urea groups is 1. The molecule has 0 aliphatic carbocycles. The van der Waals surface area contributed by atoms with E-state index < -0.39 is 0 Å². The standard InChI is InChI=1S/C17H25N5OS/c1-5-22(10-11-24-15-8-6-12(2)7-9-15)17(23)18-13(3)16-19-14(4)20-21-16/h6-9,13H,5,10-11H2,1-4H3,(H,18,23)(H,19,20,21). The van der Waals surface area contributed by atoms with Crippen LogP contribution in [0.25, 0.3) is 0 Å². The summed E-state index contributed by atoms with van der Waals surface area (Å²) >= 11 is 1.76. The van der Waals surface area contributed by atoms with Gasteiger partial charge in [0.05, 0.1) is 6.04 Å². The van der Waals surface area contributed by atoms with Crippen LogP contribution in [-0.4, -0.2) is 45.0 Å². The lowest BCUT2D eigenvalue weighted by molar-refractivity contribution is 0.200. The second kappa shape index (κ2) is 8.73. The summed E-state index contributed by atoms with van der Waals surface area (Å²) in [6.45, 7) is 9.15. The van der Waals surface area contributed by atoms with E-state index in [9.17, 15) is 4.79 Å². The summed E-state index contributed by atoms with van der Waals surface area (Å²) in [6, 6.07) is 8.13. The quantitative estimate of drug-likeness (QED) is 0.754. The van der Waals surface area contributed by atoms with Gasteiger partial charge in [0.1, 0.15) is 5.82 Å². The first-order valence-electron chi connectivity index (χ1n) is 8.13. The second-order valence-electron chi connectivity index (χ2n) is 5.69. The summed E-state index contributed by atoms with van der Waals surface area (Å²) in [5.74, 6) is 2.21. The number of aromatic amines is 1. The minimum Gasteiger partial charge on any atom is -0.328 e. The van der Waals surface area contributed by atoms with Gasteiger partial charge in [-0.2, -0.15) is 5.10 Å². The first kappa shape index (κ1) is 18.3. The number of aromatic nitrogens is 3. The van der Waals surface area contributed by atoms with E-state index >= 15 is 0 Å². The maximum Gasteiger partial charge on any atom is 0.317 e. The molecule has 0 bridgehead atoms. The highest BCUT2D eigenvalue weighted by Crippen LogP contribution is 2.18. The van der Waals surface area contributed by atoms with Crippen LogP contribution in [0.3, 0.4) is 0 Å². The first-order chi connectivity index (χ1) is 11.5. The summed E-state index contributed by atoms with van der Waals surface area (Å²) in [7, 11) is 0. The van der Waals surface area contributed by atoms with E-state index in [0.717, 1.165) is 11.6 Å². The molecule has 0 spiro atoms. The van der Waals surface area contributed by atoms with Crippen LogP contribution in [0.4, 0.5) is 4.79 Å². The predicted octanol–water partition coefficient (Wildman–Crippen LogP) is 3.31. The zero-order chi connectivity index (χ0) is 17.5. The van der Waals surface area contributed by atoms with Crippen molar-refractivity contribution in [3.05, 3.63) is 41.5 Å². The molecule has 1 unspecified atom stereocenters. The van der Waals surface area contributed by atoms with Gasteiger partial charge in [-0.15, -0.1) is 11.8 Å². The molecule has 130 valence electrons. The molecule has 1 heterocycles. The molecule has 7 heteroatoms. The van der Waals surface area contributed by atoms with Gasteiger partial charge >= 0.3 is 6.03 Å². The van der Waals surface area contributed by atoms with Crippen molar-refractivity contribution in [2.24, 2.45) is 0 Å². The Balaban J connectivity index is 1.81. The van der Waals surface area contributed by atoms with Crippen LogP contribution >= 0.6 is 11.8 Å². The number of rotatable bonds is 7. The Hall–Kier alpha value is -2.02. The molecule has 0 saturated heterocycles. The summed E-state index contributed by atoms with van der Waals surface area (Å²) < 4.78 is 0. The fourth-order valence-corrected chi connectivity index (χ4v) is 3.08. The molecule has 1 aromatic carbocycles. The number of benzene rings is 1. The molecule has 0 radical (unpaired) electrons. The van der Waals surface area contributed by atoms with E-state index in [1.54, 1.807) is 16.7 Å². The SMILES string of the molecule is CCN(CCSc1ccc(C)cc1)C(=O)NC(C)c1n[nH]c(C)n1. The largest absolute Gasteiger partial charge is 0.328 e. The van der Waals surface area contributed by atoms with Crippen molar-refractivity contribution in [2.45, 2.75) is 38.6 Å². The Morgan fingerprint density at radius 3 is 2.62 bits per heavy atom. The van der Waals surface area contributed by atoms with Crippen LogP contribution in [0.1, 0.15) is 37.1 Å². The molecule has 2 aromatic rings. The summed E-state index contributed by atoms with van der Waals surface area (Å²) in [6.07, 6.45) is 0. The van der Waals surface area contributed by atoms with E-state index in [2.05, 4.69) is 51.7 Å². The van der Waals surface area contributed by atoms with Gasteiger partial charge in [-0.25, -0.2) is 9.78 Å². The number of carbonyl (C=O) groups excluding carboxylic acids is 1. The summed E-state index contributed by atoms with van der Waals surface area (Å²) in [5, 5.41) is 9.83. The van der Waals surface area contributed by atoms with Crippen molar-refractivity contribution >= 4 is 17.8 Å². The number of aryl methyl sites for hydroxylation is 2. The predicted molar refractivity (Wildman–Crippen MR) is 97.2 cm³/mol. The number of nitrogens with zero attached hydrogens (tertiary/aromatic N) is 3. The number of nitrogens with one attached hydrogen (secondary N) is 2. The molecule has 0 fully saturated rings. The maximum atomic E-state index is 12.4. The second-order valence-corrected chi connectivity index (χ2v) is 6.86. The maximum absolute atomic E-state index is 12.4. The summed E-state index contributed by atoms with van der Waals surface area (Å²) in [5.41, 5.74) is 1.25. The molecule has 2 N–H and O–H groups in total. The third-order valence-corrected chi connectivity index (χ3v) is 4.65. The van der Waals surface area contributed by atoms with Gasteiger partial charge < -0.3 is 10.2 Å². The lowest BCUT2D eigenvalue weighted by Gasteiger charge is -2.23. The van der Waals surface area contributed by atoms with Crippen LogP contribution in [0.2, 0.25) is 0 Å². The molecule has 0 aliphatic rings. The molecule has 0 aliphatic heterocycles. The van der Waals surface area contributed by atoms with Crippen molar-refractivity contribution in [1.29, 1.82) is 0 Å². The number of hydrogen-bond acceptors (Lipinski definition) is 4. The highest BCUT2D eigenvalue weighted by Gasteiger charge is 2.17. The fraction of sp³-hybridized carbons (Fsp3) is 0.471. The minimum atomic E-state index is -0.221. The topological polar surface area (TPSA) is 73.9 Å². The summed E-state index contributed by atoms with van der Waals surface area (Å²) in [4.78, 5) is 19.7. The van der Waals surface area contributed by atoms with Gasteiger partial charge in [0.25, 0.3) is 0 Å². The van der Waals surface area contributed by atoms with Gasteiger partial charge in [0, 0.05) is 23.7 Å². The average molecular weight is 347 g/mol. The molecule has 24 heavy (non-hydrogen) atoms. The fourth-order valence-electron chi connectivity index (χ4n) is 2.21. The van der Waals surface area contributed by atoms with Gasteiger partial charge in [-0.3, -0.25) is 5.10 Å². The zero-order valence-corrected chi connectivity index (χ0v) is 15.5. The number of hydrogen-bond donors (Lipinski definition) is 2. The Bertz CT molecular complexity index is 655. The van der Waals surface area contributed by atoms with Crippen molar-refractivity contribution in [3.63, 3.8) is 0 Å². The lowest BCUT2D eigenvalue weighted by Crippen LogP contribution is -2.42. The minimum absolute atomic E-state index is 0.0861. The van der Waals surface area contributed by atoms with Crippen molar-refractivity contribution in [2.75, 3.05) is 18.8 Å². The van der Waals surface area contributed by atoms with Gasteiger partial charge in [-0.1, -0.05) is 17.7 Å². The van der Waals surface area contributed by atoms with E-state index in [1.165, 1.54) is 10.5 Å². The van der Waals surface area contributed by atoms with Crippen LogP contribution in [-0.2, 0) is 0 Å². The highest BCUT2D eigenvalue weighted by atomic mass is 32.2. The van der Waals surface area contributed by atoms with E-state index in [-0.39, 0.29) is 12.1 Å². The van der Waals surface area contributed by atoms with E-state index in [0.29, 0.717) is 18.9 Å². The average Bonchev–Trinajstić information content (AvgIpc) is 3.00. The molecule has 1 aromatic heterocycles. The van der Waals surface area contributed by atoms with Crippen LogP contribution in [0.15, 0.2) is 29.2 Å². The monoisotopic (exact) mass is 347 g/mol. The lowest BCUT2D eigenvalue weighted by atomic mass is 10.2. The van der Waals surface area contributed by atoms with Crippen molar-refractivity contribution in [3.8, 4) is 0 Å². The molecule has 0 saturated carbocycles. The molecule has 1 atom stereocenters. The number of amides is 2. The van der Waals surface area contributed by atoms with Gasteiger partial charge in [0.2, 0.25) is 0 Å². The van der Waals surface area contributed by atoms with E-state index in [4.69, 9.17) is 0 Å². The zero-order valence-electron chi connectivity index (χ0n) is 14.7. The third-order valence-electron chi connectivity index (χ3n) is 3.66. The Labute approximate surface area is 147 Å². The molecular weight excluding hydrogens is 322 g/mol. The molecular formula is C17H25N5OS. The third kappa shape index (κ3) is 5.26. The highest BCUT2D eigenvalue weighted by molar-refractivity contribution is 7.99. The molecule has 2 rings (SSSR count). The molecule has 2 amide bonds. The van der Waals surface area contributed by atoms with Crippen LogP contribution in [0.5, 0.6) is 0 Å². The van der Waals surface area contributed by atoms with Gasteiger partial charge in [-0.05, 0) is 39.8 Å². The smallest absolute Gasteiger partial charge is 0.317 e. The van der Waals surface area contributed by atoms with E-state index in [1.807, 2.05) is 20.8 Å². The van der Waals surface area contributed by atoms with Crippen LogP contribution < -0.4 is 5.32 Å². The Morgan fingerprint density at radius 2 is 2.04 bits per heavy atom. The normalized spacial score (nSPS) is 12.0. The first-order valence-corrected chi connectivity index (χ1v) is 9.12. The Morgan fingerprint density at radius 1 is 1.33 bits per heavy atom. The van der Waals surface area contributed by atoms with Crippen LogP contribution in [0, 0.1) is 13.8 Å². The number of carbonyl (C=O) groups is 1. The van der Waals surface area contributed by atoms with Crippen molar-refractivity contribution in [1.82, 2.24) is 25.4 Å². The Kier molecular flexibility index (Phi) is 6.66. The molecule has 6 nitrogen and oxygen atoms in total. The number of H-pyrrole nitrogens is 1. The van der Waals surface area contributed by atoms with Crippen molar-refractivity contribution < 1.29 is 4.79 Å². The number of thioether (sulfide) groups is 1. The van der Waals surface area contributed by atoms with Gasteiger partial charge in [0.15, 0.2) is 5.82 Å².